The normalized spacial score (nSPS) is 10.8. The predicted octanol–water partition coefficient (Wildman–Crippen LogP) is 2.11. The van der Waals surface area contributed by atoms with Crippen molar-refractivity contribution in [1.82, 2.24) is 10.2 Å². The van der Waals surface area contributed by atoms with Crippen molar-refractivity contribution < 1.29 is 18.0 Å². The van der Waals surface area contributed by atoms with Crippen LogP contribution in [0.25, 0.3) is 0 Å². The fourth-order valence-electron chi connectivity index (χ4n) is 0.677. The second-order valence-corrected chi connectivity index (χ2v) is 2.24. The smallest absolute Gasteiger partial charge is 0.274 e. The molecule has 1 N–H and O–H groups in total. The highest BCUT2D eigenvalue weighted by molar-refractivity contribution is 6.32. The van der Waals surface area contributed by atoms with Crippen molar-refractivity contribution in [3.63, 3.8) is 0 Å². The van der Waals surface area contributed by atoms with Gasteiger partial charge < -0.3 is 0 Å². The highest BCUT2D eigenvalue weighted by atomic mass is 35.5. The van der Waals surface area contributed by atoms with Crippen LogP contribution >= 0.6 is 11.6 Å². The lowest BCUT2D eigenvalue weighted by Crippen LogP contribution is -1.96. The van der Waals surface area contributed by atoms with E-state index in [9.17, 15) is 18.0 Å². The standard InChI is InChI=1S/C5H2ClF3N2O/c6-3-1(5(9)12)2(4(7)8)10-11-3/h4H,(H,10,11). The van der Waals surface area contributed by atoms with Crippen molar-refractivity contribution in [3.05, 3.63) is 16.4 Å². The first-order valence-electron chi connectivity index (χ1n) is 2.75. The van der Waals surface area contributed by atoms with Gasteiger partial charge in [-0.3, -0.25) is 9.89 Å². The molecule has 1 rings (SSSR count). The molecular formula is C5H2ClF3N2O. The fraction of sp³-hybridized carbons (Fsp3) is 0.200. The fourth-order valence-corrected chi connectivity index (χ4v) is 0.895. The Bertz CT molecular complexity index is 312. The second-order valence-electron chi connectivity index (χ2n) is 1.88. The van der Waals surface area contributed by atoms with Gasteiger partial charge in [0.1, 0.15) is 11.3 Å². The number of aromatic amines is 1. The minimum atomic E-state index is -3.00. The maximum Gasteiger partial charge on any atom is 0.337 e. The van der Waals surface area contributed by atoms with E-state index in [4.69, 9.17) is 11.6 Å². The Morgan fingerprint density at radius 3 is 2.50 bits per heavy atom. The van der Waals surface area contributed by atoms with Crippen LogP contribution in [0.3, 0.4) is 0 Å². The summed E-state index contributed by atoms with van der Waals surface area (Å²) < 4.78 is 35.9. The molecule has 0 aliphatic heterocycles. The van der Waals surface area contributed by atoms with Crippen molar-refractivity contribution in [2.75, 3.05) is 0 Å². The molecular weight excluding hydrogens is 197 g/mol. The van der Waals surface area contributed by atoms with Gasteiger partial charge >= 0.3 is 6.04 Å². The number of halogens is 4. The van der Waals surface area contributed by atoms with E-state index in [1.54, 1.807) is 5.10 Å². The number of nitrogens with one attached hydrogen (secondary N) is 1. The number of nitrogens with zero attached hydrogens (tertiary/aromatic N) is 1. The average molecular weight is 199 g/mol. The van der Waals surface area contributed by atoms with Crippen molar-refractivity contribution in [3.8, 4) is 0 Å². The third kappa shape index (κ3) is 1.42. The van der Waals surface area contributed by atoms with Gasteiger partial charge in [0.15, 0.2) is 5.15 Å². The van der Waals surface area contributed by atoms with Crippen LogP contribution in [0, 0.1) is 0 Å². The number of alkyl halides is 2. The second kappa shape index (κ2) is 3.14. The van der Waals surface area contributed by atoms with E-state index in [1.807, 2.05) is 0 Å². The molecule has 0 fully saturated rings. The van der Waals surface area contributed by atoms with Crippen molar-refractivity contribution >= 4 is 17.6 Å². The SMILES string of the molecule is O=C(F)c1c(Cl)n[nH]c1C(F)F. The molecule has 7 heteroatoms. The molecule has 66 valence electrons. The summed E-state index contributed by atoms with van der Waals surface area (Å²) in [6, 6.07) is -2.02. The van der Waals surface area contributed by atoms with Crippen molar-refractivity contribution in [2.45, 2.75) is 6.43 Å². The molecule has 0 saturated heterocycles. The quantitative estimate of drug-likeness (QED) is 0.740. The first-order valence-corrected chi connectivity index (χ1v) is 3.13. The lowest BCUT2D eigenvalue weighted by molar-refractivity contribution is 0.0822. The van der Waals surface area contributed by atoms with Gasteiger partial charge in [-0.1, -0.05) is 11.6 Å². The van der Waals surface area contributed by atoms with Crippen LogP contribution in [0.2, 0.25) is 5.15 Å². The van der Waals surface area contributed by atoms with Gasteiger partial charge in [0.05, 0.1) is 0 Å². The van der Waals surface area contributed by atoms with Gasteiger partial charge in [-0.15, -0.1) is 0 Å². The van der Waals surface area contributed by atoms with Crippen LogP contribution in [0.1, 0.15) is 22.5 Å². The molecule has 0 unspecified atom stereocenters. The van der Waals surface area contributed by atoms with E-state index in [2.05, 4.69) is 5.10 Å². The van der Waals surface area contributed by atoms with Crippen LogP contribution in [0.15, 0.2) is 0 Å². The van der Waals surface area contributed by atoms with Gasteiger partial charge in [-0.05, 0) is 0 Å². The molecule has 0 aromatic carbocycles. The van der Waals surface area contributed by atoms with Crippen LogP contribution in [0.4, 0.5) is 13.2 Å². The summed E-state index contributed by atoms with van der Waals surface area (Å²) >= 11 is 5.15. The Kier molecular flexibility index (Phi) is 2.37. The number of rotatable bonds is 2. The van der Waals surface area contributed by atoms with E-state index in [0.717, 1.165) is 0 Å². The van der Waals surface area contributed by atoms with Gasteiger partial charge in [0.25, 0.3) is 6.43 Å². The highest BCUT2D eigenvalue weighted by Gasteiger charge is 2.24. The van der Waals surface area contributed by atoms with E-state index >= 15 is 0 Å². The number of hydrogen-bond acceptors (Lipinski definition) is 2. The van der Waals surface area contributed by atoms with Gasteiger partial charge in [-0.25, -0.2) is 8.78 Å². The Hall–Kier alpha value is -1.04. The molecule has 1 aromatic rings. The third-order valence-electron chi connectivity index (χ3n) is 1.16. The Labute approximate surface area is 69.5 Å². The summed E-state index contributed by atoms with van der Waals surface area (Å²) in [5.41, 5.74) is -1.79. The van der Waals surface area contributed by atoms with Crippen LogP contribution in [0.5, 0.6) is 0 Å². The molecule has 0 bridgehead atoms. The lowest BCUT2D eigenvalue weighted by Gasteiger charge is -1.94. The molecule has 0 atom stereocenters. The summed E-state index contributed by atoms with van der Waals surface area (Å²) in [4.78, 5) is 10.1. The molecule has 0 aliphatic rings. The monoisotopic (exact) mass is 198 g/mol. The van der Waals surface area contributed by atoms with E-state index in [1.165, 1.54) is 0 Å². The number of carbonyl (C=O) groups is 1. The van der Waals surface area contributed by atoms with E-state index < -0.39 is 28.9 Å². The first-order chi connectivity index (χ1) is 5.54. The average Bonchev–Trinajstić information content (AvgIpc) is 2.30. The van der Waals surface area contributed by atoms with Gasteiger partial charge in [0, 0.05) is 0 Å². The molecule has 0 amide bonds. The summed E-state index contributed by atoms with van der Waals surface area (Å²) in [6.07, 6.45) is -3.00. The summed E-state index contributed by atoms with van der Waals surface area (Å²) in [6.45, 7) is 0. The van der Waals surface area contributed by atoms with Gasteiger partial charge in [0.2, 0.25) is 0 Å². The van der Waals surface area contributed by atoms with Gasteiger partial charge in [-0.2, -0.15) is 9.49 Å². The Balaban J connectivity index is 3.21. The van der Waals surface area contributed by atoms with Crippen LogP contribution < -0.4 is 0 Å². The molecule has 1 heterocycles. The van der Waals surface area contributed by atoms with Crippen LogP contribution in [-0.2, 0) is 0 Å². The van der Waals surface area contributed by atoms with Crippen molar-refractivity contribution in [2.24, 2.45) is 0 Å². The maximum atomic E-state index is 12.0. The summed E-state index contributed by atoms with van der Waals surface area (Å²) in [5.74, 6) is 0. The molecule has 0 spiro atoms. The highest BCUT2D eigenvalue weighted by Crippen LogP contribution is 2.26. The summed E-state index contributed by atoms with van der Waals surface area (Å²) in [7, 11) is 0. The molecule has 0 radical (unpaired) electrons. The number of carbonyl (C=O) groups excluding carboxylic acids is 1. The third-order valence-corrected chi connectivity index (χ3v) is 1.44. The molecule has 0 aliphatic carbocycles. The van der Waals surface area contributed by atoms with Crippen molar-refractivity contribution in [1.29, 1.82) is 0 Å². The zero-order valence-corrected chi connectivity index (χ0v) is 6.20. The Morgan fingerprint density at radius 2 is 2.17 bits per heavy atom. The summed E-state index contributed by atoms with van der Waals surface area (Å²) in [5, 5.41) is 4.24. The Morgan fingerprint density at radius 1 is 1.58 bits per heavy atom. The minimum Gasteiger partial charge on any atom is -0.274 e. The molecule has 3 nitrogen and oxygen atoms in total. The zero-order chi connectivity index (χ0) is 9.30. The number of hydrogen-bond donors (Lipinski definition) is 1. The molecule has 12 heavy (non-hydrogen) atoms. The molecule has 0 saturated carbocycles. The molecule has 1 aromatic heterocycles. The predicted molar refractivity (Wildman–Crippen MR) is 34.0 cm³/mol. The number of H-pyrrole nitrogens is 1. The first kappa shape index (κ1) is 9.05. The zero-order valence-electron chi connectivity index (χ0n) is 5.44. The van der Waals surface area contributed by atoms with Crippen LogP contribution in [-0.4, -0.2) is 16.2 Å². The minimum absolute atomic E-state index is 0.585. The van der Waals surface area contributed by atoms with E-state index in [0.29, 0.717) is 0 Å². The lowest BCUT2D eigenvalue weighted by atomic mass is 10.3. The largest absolute Gasteiger partial charge is 0.337 e. The van der Waals surface area contributed by atoms with E-state index in [-0.39, 0.29) is 0 Å². The maximum absolute atomic E-state index is 12.0. The topological polar surface area (TPSA) is 45.8 Å². The number of aromatic nitrogens is 2.